The maximum Gasteiger partial charge on any atom is 0.229 e. The Labute approximate surface area is 123 Å². The molecular weight excluding hydrogens is 274 g/mol. The number of nitrogens with two attached hydrogens (primary N) is 1. The van der Waals surface area contributed by atoms with E-state index in [-0.39, 0.29) is 0 Å². The molecule has 0 amide bonds. The number of rotatable bonds is 6. The minimum Gasteiger partial charge on any atom is -0.369 e. The third-order valence-electron chi connectivity index (χ3n) is 2.73. The zero-order chi connectivity index (χ0) is 14.4. The minimum atomic E-state index is 0.497. The Hall–Kier alpha value is -1.85. The molecule has 4 N–H and O–H groups in total. The number of halogens is 1. The summed E-state index contributed by atoms with van der Waals surface area (Å²) in [4.78, 5) is 8.52. The van der Waals surface area contributed by atoms with Gasteiger partial charge in [-0.1, -0.05) is 29.3 Å². The first-order chi connectivity index (χ1) is 9.69. The predicted octanol–water partition coefficient (Wildman–Crippen LogP) is 2.94. The fourth-order valence-electron chi connectivity index (χ4n) is 1.63. The van der Waals surface area contributed by atoms with Gasteiger partial charge in [0.1, 0.15) is 10.8 Å². The molecule has 0 aliphatic rings. The van der Waals surface area contributed by atoms with Crippen molar-refractivity contribution in [3.05, 3.63) is 41.0 Å². The summed E-state index contributed by atoms with van der Waals surface area (Å²) < 4.78 is 0. The Morgan fingerprint density at radius 1 is 1.25 bits per heavy atom. The van der Waals surface area contributed by atoms with Crippen LogP contribution in [0.3, 0.4) is 0 Å². The van der Waals surface area contributed by atoms with E-state index in [1.165, 1.54) is 5.56 Å². The molecule has 0 radical (unpaired) electrons. The smallest absolute Gasteiger partial charge is 0.229 e. The maximum atomic E-state index is 6.05. The van der Waals surface area contributed by atoms with E-state index in [1.54, 1.807) is 6.20 Å². The van der Waals surface area contributed by atoms with Gasteiger partial charge >= 0.3 is 0 Å². The van der Waals surface area contributed by atoms with E-state index < -0.39 is 0 Å². The predicted molar refractivity (Wildman–Crippen MR) is 83.7 cm³/mol. The van der Waals surface area contributed by atoms with Crippen molar-refractivity contribution in [3.8, 4) is 0 Å². The van der Waals surface area contributed by atoms with Gasteiger partial charge in [-0.05, 0) is 32.0 Å². The van der Waals surface area contributed by atoms with Gasteiger partial charge in [-0.15, -0.1) is 0 Å². The van der Waals surface area contributed by atoms with E-state index >= 15 is 0 Å². The Morgan fingerprint density at radius 3 is 2.70 bits per heavy atom. The third kappa shape index (κ3) is 4.08. The molecule has 0 atom stereocenters. The lowest BCUT2D eigenvalue weighted by molar-refractivity contribution is 0.869. The molecule has 2 rings (SSSR count). The van der Waals surface area contributed by atoms with Gasteiger partial charge < -0.3 is 16.4 Å². The largest absolute Gasteiger partial charge is 0.369 e. The minimum absolute atomic E-state index is 0.497. The Bertz CT molecular complexity index is 556. The molecule has 0 spiro atoms. The van der Waals surface area contributed by atoms with Crippen molar-refractivity contribution in [2.75, 3.05) is 23.7 Å². The summed E-state index contributed by atoms with van der Waals surface area (Å²) in [5.41, 5.74) is 7.60. The molecule has 2 aromatic rings. The lowest BCUT2D eigenvalue weighted by Crippen LogP contribution is -2.10. The molecule has 0 aliphatic heterocycles. The van der Waals surface area contributed by atoms with Crippen LogP contribution in [0.15, 0.2) is 30.5 Å². The molecule has 5 nitrogen and oxygen atoms in total. The second kappa shape index (κ2) is 7.07. The fourth-order valence-corrected chi connectivity index (χ4v) is 1.78. The highest BCUT2D eigenvalue weighted by Gasteiger charge is 2.05. The molecule has 1 aromatic carbocycles. The second-order valence-corrected chi connectivity index (χ2v) is 4.86. The summed E-state index contributed by atoms with van der Waals surface area (Å²) >= 11 is 6.05. The Kier molecular flexibility index (Phi) is 5.15. The van der Waals surface area contributed by atoms with Gasteiger partial charge in [-0.2, -0.15) is 4.98 Å². The highest BCUT2D eigenvalue weighted by Crippen LogP contribution is 2.21. The van der Waals surface area contributed by atoms with Crippen LogP contribution in [-0.4, -0.2) is 23.1 Å². The van der Waals surface area contributed by atoms with Crippen LogP contribution in [-0.2, 0) is 0 Å². The van der Waals surface area contributed by atoms with Gasteiger partial charge in [0.2, 0.25) is 5.95 Å². The highest BCUT2D eigenvalue weighted by atomic mass is 35.5. The van der Waals surface area contributed by atoms with Gasteiger partial charge in [-0.3, -0.25) is 0 Å². The highest BCUT2D eigenvalue weighted by molar-refractivity contribution is 6.32. The van der Waals surface area contributed by atoms with Gasteiger partial charge in [0.25, 0.3) is 0 Å². The van der Waals surface area contributed by atoms with Crippen molar-refractivity contribution in [2.45, 2.75) is 13.3 Å². The van der Waals surface area contributed by atoms with Crippen LogP contribution in [0.4, 0.5) is 17.5 Å². The molecule has 0 saturated heterocycles. The van der Waals surface area contributed by atoms with Gasteiger partial charge in [0.15, 0.2) is 0 Å². The SMILES string of the molecule is Cc1ccc(Nc2ncc(Cl)c(NCCCN)n2)cc1. The van der Waals surface area contributed by atoms with Crippen molar-refractivity contribution >= 4 is 29.1 Å². The zero-order valence-corrected chi connectivity index (χ0v) is 12.1. The normalized spacial score (nSPS) is 10.3. The molecule has 6 heteroatoms. The van der Waals surface area contributed by atoms with Crippen LogP contribution < -0.4 is 16.4 Å². The number of aryl methyl sites for hydroxylation is 1. The molecule has 0 unspecified atom stereocenters. The molecule has 0 saturated carbocycles. The van der Waals surface area contributed by atoms with Crippen LogP contribution >= 0.6 is 11.6 Å². The average molecular weight is 292 g/mol. The standard InChI is InChI=1S/C14H18ClN5/c1-10-3-5-11(6-4-10)19-14-18-9-12(15)13(20-14)17-8-2-7-16/h3-6,9H,2,7-8,16H2,1H3,(H2,17,18,19,20). The summed E-state index contributed by atoms with van der Waals surface area (Å²) in [7, 11) is 0. The van der Waals surface area contributed by atoms with E-state index in [0.717, 1.165) is 18.7 Å². The molecule has 1 aromatic heterocycles. The second-order valence-electron chi connectivity index (χ2n) is 4.45. The number of nitrogens with one attached hydrogen (secondary N) is 2. The van der Waals surface area contributed by atoms with Crippen molar-refractivity contribution in [1.82, 2.24) is 9.97 Å². The maximum absolute atomic E-state index is 6.05. The summed E-state index contributed by atoms with van der Waals surface area (Å²) in [5, 5.41) is 6.79. The van der Waals surface area contributed by atoms with Crippen molar-refractivity contribution < 1.29 is 0 Å². The van der Waals surface area contributed by atoms with E-state index in [9.17, 15) is 0 Å². The van der Waals surface area contributed by atoms with Crippen LogP contribution in [0.1, 0.15) is 12.0 Å². The zero-order valence-electron chi connectivity index (χ0n) is 11.4. The molecule has 0 bridgehead atoms. The quantitative estimate of drug-likeness (QED) is 0.714. The number of aromatic nitrogens is 2. The van der Waals surface area contributed by atoms with Crippen LogP contribution in [0.5, 0.6) is 0 Å². The first-order valence-electron chi connectivity index (χ1n) is 6.49. The van der Waals surface area contributed by atoms with Gasteiger partial charge in [-0.25, -0.2) is 4.98 Å². The first-order valence-corrected chi connectivity index (χ1v) is 6.87. The van der Waals surface area contributed by atoms with Gasteiger partial charge in [0.05, 0.1) is 6.20 Å². The van der Waals surface area contributed by atoms with Crippen molar-refractivity contribution in [1.29, 1.82) is 0 Å². The topological polar surface area (TPSA) is 75.9 Å². The van der Waals surface area contributed by atoms with E-state index in [2.05, 4.69) is 20.6 Å². The van der Waals surface area contributed by atoms with E-state index in [1.807, 2.05) is 31.2 Å². The van der Waals surface area contributed by atoms with Crippen LogP contribution in [0, 0.1) is 6.92 Å². The third-order valence-corrected chi connectivity index (χ3v) is 3.00. The Morgan fingerprint density at radius 2 is 2.00 bits per heavy atom. The molecule has 106 valence electrons. The summed E-state index contributed by atoms with van der Waals surface area (Å²) in [6.07, 6.45) is 2.44. The van der Waals surface area contributed by atoms with E-state index in [4.69, 9.17) is 17.3 Å². The number of hydrogen-bond donors (Lipinski definition) is 3. The monoisotopic (exact) mass is 291 g/mol. The number of nitrogens with zero attached hydrogens (tertiary/aromatic N) is 2. The van der Waals surface area contributed by atoms with Crippen LogP contribution in [0.25, 0.3) is 0 Å². The first kappa shape index (κ1) is 14.6. The lowest BCUT2D eigenvalue weighted by Gasteiger charge is -2.09. The lowest BCUT2D eigenvalue weighted by atomic mass is 10.2. The van der Waals surface area contributed by atoms with E-state index in [0.29, 0.717) is 23.3 Å². The number of hydrogen-bond acceptors (Lipinski definition) is 5. The fraction of sp³-hybridized carbons (Fsp3) is 0.286. The van der Waals surface area contributed by atoms with Crippen molar-refractivity contribution in [3.63, 3.8) is 0 Å². The number of anilines is 3. The summed E-state index contributed by atoms with van der Waals surface area (Å²) in [6, 6.07) is 8.01. The van der Waals surface area contributed by atoms with Gasteiger partial charge in [0, 0.05) is 12.2 Å². The number of benzene rings is 1. The molecule has 0 aliphatic carbocycles. The molecular formula is C14H18ClN5. The Balaban J connectivity index is 2.08. The van der Waals surface area contributed by atoms with Crippen molar-refractivity contribution in [2.24, 2.45) is 5.73 Å². The molecule has 20 heavy (non-hydrogen) atoms. The molecule has 0 fully saturated rings. The average Bonchev–Trinajstić information content (AvgIpc) is 2.45. The molecule has 1 heterocycles. The van der Waals surface area contributed by atoms with Crippen LogP contribution in [0.2, 0.25) is 5.02 Å². The summed E-state index contributed by atoms with van der Waals surface area (Å²) in [6.45, 7) is 3.41. The summed E-state index contributed by atoms with van der Waals surface area (Å²) in [5.74, 6) is 1.12.